The minimum Gasteiger partial charge on any atom is -0.480 e. The summed E-state index contributed by atoms with van der Waals surface area (Å²) in [6, 6.07) is 61.3. The zero-order valence-corrected chi connectivity index (χ0v) is 38.3. The topological polar surface area (TPSA) is 117 Å². The van der Waals surface area contributed by atoms with Gasteiger partial charge in [-0.05, 0) is 82.5 Å². The number of carboxylic acid groups (broad SMARTS) is 1. The summed E-state index contributed by atoms with van der Waals surface area (Å²) in [6.45, 7) is 6.16. The fraction of sp³-hybridized carbons (Fsp3) is 0.224. The van der Waals surface area contributed by atoms with Crippen LogP contribution in [0, 0.1) is 0 Å². The van der Waals surface area contributed by atoms with Gasteiger partial charge in [-0.3, -0.25) is 9.59 Å². The fourth-order valence-corrected chi connectivity index (χ4v) is 9.40. The van der Waals surface area contributed by atoms with Gasteiger partial charge in [0.25, 0.3) is 0 Å². The minimum atomic E-state index is -0.817. The maximum atomic E-state index is 11.9. The Morgan fingerprint density at radius 1 is 0.567 bits per heavy atom. The van der Waals surface area contributed by atoms with E-state index in [1.165, 1.54) is 31.8 Å². The average molecular weight is 867 g/mol. The first-order valence-electron chi connectivity index (χ1n) is 19.6. The monoisotopic (exact) mass is 866 g/mol. The van der Waals surface area contributed by atoms with Crippen LogP contribution in [0.1, 0.15) is 20.8 Å². The second-order valence-corrected chi connectivity index (χ2v) is 18.4. The number of ether oxygens (including phenoxy) is 2. The van der Waals surface area contributed by atoms with Crippen molar-refractivity contribution in [2.45, 2.75) is 32.9 Å². The maximum Gasteiger partial charge on any atom is 0.323 e. The van der Waals surface area contributed by atoms with Crippen LogP contribution in [0.4, 0.5) is 0 Å². The van der Waals surface area contributed by atoms with Crippen LogP contribution in [-0.2, 0) is 19.1 Å². The third kappa shape index (κ3) is 21.1. The second kappa shape index (κ2) is 32.2. The largest absolute Gasteiger partial charge is 0.480 e. The van der Waals surface area contributed by atoms with Crippen molar-refractivity contribution < 1.29 is 29.3 Å². The molecule has 0 bridgehead atoms. The molecule has 0 heterocycles. The molecular formula is C49H61N2O6P3. The van der Waals surface area contributed by atoms with Crippen LogP contribution in [0.2, 0.25) is 0 Å². The van der Waals surface area contributed by atoms with Crippen molar-refractivity contribution in [2.75, 3.05) is 40.5 Å². The van der Waals surface area contributed by atoms with E-state index in [9.17, 15) is 14.7 Å². The molecule has 0 unspecified atom stereocenters. The van der Waals surface area contributed by atoms with E-state index in [1.54, 1.807) is 35.1 Å². The highest BCUT2D eigenvalue weighted by Crippen LogP contribution is 2.33. The predicted octanol–water partition coefficient (Wildman–Crippen LogP) is 6.94. The Hall–Kier alpha value is -4.61. The van der Waals surface area contributed by atoms with Gasteiger partial charge < -0.3 is 30.3 Å². The number of hydrogen-bond acceptors (Lipinski definition) is 7. The number of hydrogen-bond donors (Lipinski definition) is 4. The van der Waals surface area contributed by atoms with Crippen molar-refractivity contribution >= 4 is 68.2 Å². The summed E-state index contributed by atoms with van der Waals surface area (Å²) < 4.78 is 10.0. The number of aliphatic hydroxyl groups excluding tert-OH is 1. The number of methoxy groups -OCH3 is 1. The Bertz CT molecular complexity index is 1830. The molecule has 0 aliphatic carbocycles. The van der Waals surface area contributed by atoms with Gasteiger partial charge >= 0.3 is 11.9 Å². The zero-order chi connectivity index (χ0) is 43.8. The first kappa shape index (κ1) is 51.5. The number of likely N-dealkylation sites (N-methyl/N-ethyl adjacent to an activating group) is 2. The number of rotatable bonds is 14. The number of carboxylic acids is 1. The molecule has 0 amide bonds. The average Bonchev–Trinajstić information content (AvgIpc) is 3.31. The smallest absolute Gasteiger partial charge is 0.323 e. The summed E-state index contributed by atoms with van der Waals surface area (Å²) in [4.78, 5) is 21.7. The Kier molecular flexibility index (Phi) is 27.7. The molecule has 0 saturated heterocycles. The van der Waals surface area contributed by atoms with Gasteiger partial charge in [0.05, 0.1) is 6.35 Å². The number of nitrogens with one attached hydrogen (secondary N) is 2. The number of carbonyl (C=O) groups excluding carboxylic acids is 1. The van der Waals surface area contributed by atoms with Crippen LogP contribution >= 0.6 is 24.4 Å². The van der Waals surface area contributed by atoms with E-state index in [4.69, 9.17) is 9.84 Å². The van der Waals surface area contributed by atoms with Gasteiger partial charge in [-0.2, -0.15) is 0 Å². The molecule has 0 fully saturated rings. The lowest BCUT2D eigenvalue weighted by Gasteiger charge is -2.19. The Morgan fingerprint density at radius 3 is 1.12 bits per heavy atom. The molecule has 0 aliphatic heterocycles. The van der Waals surface area contributed by atoms with Gasteiger partial charge in [0, 0.05) is 13.7 Å². The molecule has 4 N–H and O–H groups in total. The number of esters is 1. The minimum absolute atomic E-state index is 0.211. The SMILES string of the molecule is CCOC.CN[C@@H](C)C(=O)O.CN[C@@H](C)C(=O)OCP(c1ccccc1)c1ccccc1.OCP(c1ccccc1)c1ccccc1.c1ccc(Pc2ccccc2)cc1. The second-order valence-electron chi connectivity index (χ2n) is 12.7. The lowest BCUT2D eigenvalue weighted by Crippen LogP contribution is -2.33. The van der Waals surface area contributed by atoms with Crippen LogP contribution in [-0.4, -0.2) is 74.7 Å². The van der Waals surface area contributed by atoms with Crippen molar-refractivity contribution in [2.24, 2.45) is 0 Å². The third-order valence-corrected chi connectivity index (χ3v) is 14.1. The fourth-order valence-electron chi connectivity index (χ4n) is 4.75. The van der Waals surface area contributed by atoms with Gasteiger partial charge in [0.1, 0.15) is 18.4 Å². The van der Waals surface area contributed by atoms with E-state index < -0.39 is 27.9 Å². The summed E-state index contributed by atoms with van der Waals surface area (Å²) in [5.41, 5.74) is 0. The van der Waals surface area contributed by atoms with Crippen LogP contribution in [0.15, 0.2) is 182 Å². The number of aliphatic carboxylic acids is 1. The summed E-state index contributed by atoms with van der Waals surface area (Å²) in [5, 5.41) is 30.7. The molecule has 0 saturated carbocycles. The molecule has 6 aromatic rings. The van der Waals surface area contributed by atoms with Gasteiger partial charge in [-0.1, -0.05) is 191 Å². The Morgan fingerprint density at radius 2 is 0.867 bits per heavy atom. The van der Waals surface area contributed by atoms with Crippen molar-refractivity contribution in [3.63, 3.8) is 0 Å². The molecule has 6 rings (SSSR count). The van der Waals surface area contributed by atoms with Gasteiger partial charge in [0.15, 0.2) is 0 Å². The summed E-state index contributed by atoms with van der Waals surface area (Å²) in [5.74, 6) is -1.03. The maximum absolute atomic E-state index is 11.9. The molecule has 8 nitrogen and oxygen atoms in total. The first-order valence-corrected chi connectivity index (χ1v) is 23.7. The van der Waals surface area contributed by atoms with Crippen LogP contribution in [0.3, 0.4) is 0 Å². The lowest BCUT2D eigenvalue weighted by molar-refractivity contribution is -0.143. The van der Waals surface area contributed by atoms with E-state index in [1.807, 2.05) is 79.7 Å². The summed E-state index contributed by atoms with van der Waals surface area (Å²) >= 11 is 0. The predicted molar refractivity (Wildman–Crippen MR) is 259 cm³/mol. The Labute approximate surface area is 362 Å². The molecule has 2 atom stereocenters. The van der Waals surface area contributed by atoms with E-state index >= 15 is 0 Å². The molecule has 11 heteroatoms. The van der Waals surface area contributed by atoms with E-state index in [-0.39, 0.29) is 18.4 Å². The molecular weight excluding hydrogens is 805 g/mol. The highest BCUT2D eigenvalue weighted by Gasteiger charge is 2.18. The highest BCUT2D eigenvalue weighted by atomic mass is 31.1. The van der Waals surface area contributed by atoms with E-state index in [2.05, 4.69) is 125 Å². The molecule has 0 radical (unpaired) electrons. The molecule has 318 valence electrons. The summed E-state index contributed by atoms with van der Waals surface area (Å²) in [7, 11) is 4.54. The number of carbonyl (C=O) groups is 2. The lowest BCUT2D eigenvalue weighted by atomic mass is 10.4. The highest BCUT2D eigenvalue weighted by molar-refractivity contribution is 7.73. The van der Waals surface area contributed by atoms with Crippen LogP contribution in [0.25, 0.3) is 0 Å². The van der Waals surface area contributed by atoms with Crippen LogP contribution < -0.4 is 42.5 Å². The van der Waals surface area contributed by atoms with Crippen molar-refractivity contribution in [1.29, 1.82) is 0 Å². The van der Waals surface area contributed by atoms with Crippen LogP contribution in [0.5, 0.6) is 0 Å². The molecule has 0 aromatic heterocycles. The van der Waals surface area contributed by atoms with Crippen molar-refractivity contribution in [3.8, 4) is 0 Å². The van der Waals surface area contributed by atoms with Crippen molar-refractivity contribution in [1.82, 2.24) is 10.6 Å². The molecule has 0 aliphatic rings. The third-order valence-electron chi connectivity index (χ3n) is 8.46. The Balaban J connectivity index is 0.000000281. The first-order chi connectivity index (χ1) is 29.2. The number of aliphatic hydroxyl groups is 1. The standard InChI is InChI=1S/C17H20NO2P.C13H13OP.C12H11P.C4H9NO2.C3H8O/c1-14(18-2)17(19)20-13-21(15-9-5-3-6-10-15)16-11-7-4-8-12-16;14-11-15(12-7-3-1-4-8-12)13-9-5-2-6-10-13;1-3-7-11(8-4-1)13-12-9-5-2-6-10-12;1-3(5-2)4(6)7;1-3-4-2/h3-12,14,18H,13H2,1-2H3;1-10,14H,11H2;1-10,13H;3,5H,1-2H3,(H,6,7);3H2,1-2H3/t14-;;;3-;/m0..0./s1. The van der Waals surface area contributed by atoms with Gasteiger partial charge in [-0.15, -0.1) is 0 Å². The number of benzene rings is 6. The molecule has 6 aromatic carbocycles. The van der Waals surface area contributed by atoms with Gasteiger partial charge in [-0.25, -0.2) is 0 Å². The van der Waals surface area contributed by atoms with E-state index in [0.29, 0.717) is 6.35 Å². The normalized spacial score (nSPS) is 11.1. The molecule has 0 spiro atoms. The van der Waals surface area contributed by atoms with Gasteiger partial charge in [0.2, 0.25) is 0 Å². The molecule has 60 heavy (non-hydrogen) atoms. The summed E-state index contributed by atoms with van der Waals surface area (Å²) in [6.07, 6.45) is 0.623. The zero-order valence-electron chi connectivity index (χ0n) is 35.5. The quantitative estimate of drug-likeness (QED) is 0.0688. The van der Waals surface area contributed by atoms with Crippen molar-refractivity contribution in [3.05, 3.63) is 182 Å². The van der Waals surface area contributed by atoms with E-state index in [0.717, 1.165) is 15.2 Å².